The van der Waals surface area contributed by atoms with Crippen LogP contribution in [-0.4, -0.2) is 118 Å². The third-order valence-electron chi connectivity index (χ3n) is 12.7. The molecule has 4 N–H and O–H groups in total. The molecule has 3 aromatic heterocycles. The van der Waals surface area contributed by atoms with Crippen LogP contribution < -0.4 is 10.6 Å². The number of aromatic nitrogens is 4. The van der Waals surface area contributed by atoms with Crippen molar-refractivity contribution in [1.82, 2.24) is 40.4 Å². The number of hydrogen-bond donors (Lipinski definition) is 4. The van der Waals surface area contributed by atoms with Crippen molar-refractivity contribution < 1.29 is 38.1 Å². The Morgan fingerprint density at radius 3 is 1.67 bits per heavy atom. The molecule has 4 amide bonds. The normalized spacial score (nSPS) is 22.4. The molecule has 63 heavy (non-hydrogen) atoms. The minimum absolute atomic E-state index is 0.142. The lowest BCUT2D eigenvalue weighted by molar-refractivity contribution is -0.136. The summed E-state index contributed by atoms with van der Waals surface area (Å²) in [6, 6.07) is 12.6. The first-order valence-corrected chi connectivity index (χ1v) is 23.2. The highest BCUT2D eigenvalue weighted by atomic mass is 32.1. The number of thiophene rings is 1. The van der Waals surface area contributed by atoms with Crippen molar-refractivity contribution in [3.8, 4) is 21.6 Å². The van der Waals surface area contributed by atoms with E-state index in [2.05, 4.69) is 56.3 Å². The maximum Gasteiger partial charge on any atom is 0.408 e. The van der Waals surface area contributed by atoms with E-state index < -0.39 is 24.3 Å². The highest BCUT2D eigenvalue weighted by molar-refractivity contribution is 7.14. The van der Waals surface area contributed by atoms with Gasteiger partial charge in [-0.1, -0.05) is 39.8 Å². The zero-order chi connectivity index (χ0) is 43.8. The minimum Gasteiger partial charge on any atom is -0.444 e. The number of carbonyl (C=O) groups is 4. The number of hydrogen-bond acceptors (Lipinski definition) is 11. The van der Waals surface area contributed by atoms with E-state index in [9.17, 15) is 19.2 Å². The molecule has 5 aromatic rings. The molecular formula is C46H56N8O8S. The van der Waals surface area contributed by atoms with Gasteiger partial charge in [-0.25, -0.2) is 19.6 Å². The molecule has 4 fully saturated rings. The van der Waals surface area contributed by atoms with E-state index >= 15 is 0 Å². The fourth-order valence-electron chi connectivity index (χ4n) is 9.29. The minimum atomic E-state index is -0.733. The molecule has 4 aliphatic heterocycles. The molecule has 4 saturated heterocycles. The van der Waals surface area contributed by atoms with Crippen LogP contribution in [0.15, 0.2) is 47.8 Å². The second-order valence-corrected chi connectivity index (χ2v) is 18.7. The van der Waals surface area contributed by atoms with Gasteiger partial charge in [-0.05, 0) is 84.4 Å². The Labute approximate surface area is 369 Å². The molecule has 0 bridgehead atoms. The number of rotatable bonds is 12. The SMILES string of the molecule is CC(C)[C@H](NC(=O)OC1CCOC1)C(=O)N1CCC[C@H]1c1nc2ccc(-c3ccsc3-c3ccc4nc([C@@H]5CCCN5C(=O)[C@@H](NC(=O)O[C@H]5CCOC5)C(C)C)[nH]c4c3)cc2[nH]1. The number of carbonyl (C=O) groups excluding carboxylic acids is 4. The second kappa shape index (κ2) is 18.3. The lowest BCUT2D eigenvalue weighted by Crippen LogP contribution is -2.51. The maximum absolute atomic E-state index is 14.0. The van der Waals surface area contributed by atoms with Gasteiger partial charge in [0.2, 0.25) is 11.8 Å². The summed E-state index contributed by atoms with van der Waals surface area (Å²) in [5.74, 6) is 0.877. The van der Waals surface area contributed by atoms with Crippen molar-refractivity contribution in [3.05, 3.63) is 59.5 Å². The number of nitrogens with one attached hydrogen (secondary N) is 4. The molecule has 1 unspecified atom stereocenters. The number of imidazole rings is 2. The molecule has 0 saturated carbocycles. The van der Waals surface area contributed by atoms with E-state index in [1.165, 1.54) is 0 Å². The third-order valence-corrected chi connectivity index (χ3v) is 13.6. The van der Waals surface area contributed by atoms with Gasteiger partial charge in [0.25, 0.3) is 0 Å². The van der Waals surface area contributed by atoms with Gasteiger partial charge in [0.05, 0.1) is 60.6 Å². The van der Waals surface area contributed by atoms with Crippen LogP contribution in [0.2, 0.25) is 0 Å². The van der Waals surface area contributed by atoms with E-state index in [0.717, 1.165) is 81.0 Å². The predicted molar refractivity (Wildman–Crippen MR) is 237 cm³/mol. The number of fused-ring (bicyclic) bond motifs is 2. The van der Waals surface area contributed by atoms with E-state index in [-0.39, 0.29) is 47.9 Å². The molecule has 17 heteroatoms. The lowest BCUT2D eigenvalue weighted by atomic mass is 10.0. The van der Waals surface area contributed by atoms with E-state index in [0.29, 0.717) is 52.4 Å². The maximum atomic E-state index is 14.0. The first-order valence-electron chi connectivity index (χ1n) is 22.3. The van der Waals surface area contributed by atoms with Crippen LogP contribution in [0, 0.1) is 11.8 Å². The molecule has 7 heterocycles. The van der Waals surface area contributed by atoms with Crippen LogP contribution in [0.3, 0.4) is 0 Å². The van der Waals surface area contributed by atoms with Crippen molar-refractivity contribution in [2.24, 2.45) is 11.8 Å². The summed E-state index contributed by atoms with van der Waals surface area (Å²) >= 11 is 1.66. The average molecular weight is 881 g/mol. The molecule has 0 spiro atoms. The first kappa shape index (κ1) is 42.8. The van der Waals surface area contributed by atoms with Crippen LogP contribution in [0.5, 0.6) is 0 Å². The van der Waals surface area contributed by atoms with Gasteiger partial charge >= 0.3 is 12.2 Å². The van der Waals surface area contributed by atoms with E-state index in [1.807, 2.05) is 49.6 Å². The molecule has 16 nitrogen and oxygen atoms in total. The first-order chi connectivity index (χ1) is 30.5. The monoisotopic (exact) mass is 880 g/mol. The van der Waals surface area contributed by atoms with E-state index in [1.54, 1.807) is 11.3 Å². The number of aromatic amines is 2. The Morgan fingerprint density at radius 1 is 0.698 bits per heavy atom. The number of amides is 4. The summed E-state index contributed by atoms with van der Waals surface area (Å²) in [5, 5.41) is 7.76. The zero-order valence-electron chi connectivity index (χ0n) is 36.2. The highest BCUT2D eigenvalue weighted by Gasteiger charge is 2.40. The van der Waals surface area contributed by atoms with E-state index in [4.69, 9.17) is 28.9 Å². The number of nitrogens with zero attached hydrogens (tertiary/aromatic N) is 4. The lowest BCUT2D eigenvalue weighted by Gasteiger charge is -2.30. The number of alkyl carbamates (subject to hydrolysis) is 2. The Balaban J connectivity index is 0.901. The molecule has 9 rings (SSSR count). The Kier molecular flexibility index (Phi) is 12.4. The molecule has 334 valence electrons. The quantitative estimate of drug-likeness (QED) is 0.0993. The van der Waals surface area contributed by atoms with Crippen LogP contribution in [0.1, 0.15) is 90.0 Å². The molecule has 0 radical (unpaired) electrons. The van der Waals surface area contributed by atoms with Gasteiger partial charge in [0, 0.05) is 36.4 Å². The number of ether oxygens (including phenoxy) is 4. The van der Waals surface area contributed by atoms with Crippen molar-refractivity contribution in [1.29, 1.82) is 0 Å². The third kappa shape index (κ3) is 9.00. The molecule has 4 aliphatic rings. The van der Waals surface area contributed by atoms with Crippen LogP contribution in [0.4, 0.5) is 9.59 Å². The topological polar surface area (TPSA) is 193 Å². The van der Waals surface area contributed by atoms with Crippen molar-refractivity contribution >= 4 is 57.4 Å². The predicted octanol–water partition coefficient (Wildman–Crippen LogP) is 7.24. The summed E-state index contributed by atoms with van der Waals surface area (Å²) in [6.07, 6.45) is 2.68. The van der Waals surface area contributed by atoms with Crippen LogP contribution in [0.25, 0.3) is 43.6 Å². The Hall–Kier alpha value is -5.52. The van der Waals surface area contributed by atoms with Crippen LogP contribution in [-0.2, 0) is 28.5 Å². The molecule has 2 aromatic carbocycles. The summed E-state index contributed by atoms with van der Waals surface area (Å²) in [6.45, 7) is 10.7. The van der Waals surface area contributed by atoms with Crippen LogP contribution >= 0.6 is 11.3 Å². The summed E-state index contributed by atoms with van der Waals surface area (Å²) < 4.78 is 21.7. The number of H-pyrrole nitrogens is 2. The zero-order valence-corrected chi connectivity index (χ0v) is 37.0. The largest absolute Gasteiger partial charge is 0.444 e. The molecule has 0 aliphatic carbocycles. The molecule has 6 atom stereocenters. The van der Waals surface area contributed by atoms with Crippen molar-refractivity contribution in [3.63, 3.8) is 0 Å². The summed E-state index contributed by atoms with van der Waals surface area (Å²) in [4.78, 5) is 75.3. The van der Waals surface area contributed by atoms with Gasteiger partial charge < -0.3 is 49.3 Å². The smallest absolute Gasteiger partial charge is 0.408 e. The molecular weight excluding hydrogens is 825 g/mol. The van der Waals surface area contributed by atoms with Crippen molar-refractivity contribution in [2.75, 3.05) is 39.5 Å². The van der Waals surface area contributed by atoms with Crippen molar-refractivity contribution in [2.45, 2.75) is 103 Å². The summed E-state index contributed by atoms with van der Waals surface area (Å²) in [7, 11) is 0. The van der Waals surface area contributed by atoms with Gasteiger partial charge in [-0.3, -0.25) is 9.59 Å². The second-order valence-electron chi connectivity index (χ2n) is 17.8. The fourth-order valence-corrected chi connectivity index (χ4v) is 10.2. The number of benzene rings is 2. The number of likely N-dealkylation sites (tertiary alicyclic amines) is 2. The average Bonchev–Trinajstić information content (AvgIpc) is 4.11. The van der Waals surface area contributed by atoms with Gasteiger partial charge in [0.15, 0.2) is 0 Å². The van der Waals surface area contributed by atoms with Gasteiger partial charge in [0.1, 0.15) is 35.9 Å². The highest BCUT2D eigenvalue weighted by Crippen LogP contribution is 2.40. The Bertz CT molecular complexity index is 2300. The van der Waals surface area contributed by atoms with Gasteiger partial charge in [-0.15, -0.1) is 11.3 Å². The Morgan fingerprint density at radius 2 is 1.19 bits per heavy atom. The fraction of sp³-hybridized carbons (Fsp3) is 0.522. The summed E-state index contributed by atoms with van der Waals surface area (Å²) in [5.41, 5.74) is 6.52. The van der Waals surface area contributed by atoms with Gasteiger partial charge in [-0.2, -0.15) is 0 Å². The standard InChI is InChI=1S/C46H56N8O8S/c1-25(2)38(51-45(57)61-29-13-18-59-23-29)43(55)53-16-5-7-36(53)41-47-32-11-9-27(21-34(32)49-41)31-15-20-63-40(31)28-10-12-33-35(22-28)50-42(48-33)37-8-6-17-54(37)44(56)39(26(3)4)52-46(58)62-30-14-19-60-24-30/h9-12,15,20-22,25-26,29-30,36-39H,5-8,13-14,16-19,23-24H2,1-4H3,(H,47,49)(H,48,50)(H,51,57)(H,52,58)/t29?,30-,36-,37-,38-,39-/m0/s1.